The molecule has 1 aromatic carbocycles. The average molecular weight is 362 g/mol. The molecule has 0 spiro atoms. The summed E-state index contributed by atoms with van der Waals surface area (Å²) in [4.78, 5) is 12.3. The lowest BCUT2D eigenvalue weighted by molar-refractivity contribution is -0.120. The largest absolute Gasteiger partial charge is 0.273 e. The minimum Gasteiger partial charge on any atom is -0.273 e. The van der Waals surface area contributed by atoms with E-state index in [9.17, 15) is 13.2 Å². The van der Waals surface area contributed by atoms with Crippen LogP contribution in [0.25, 0.3) is 0 Å². The van der Waals surface area contributed by atoms with Crippen molar-refractivity contribution >= 4 is 21.5 Å². The lowest BCUT2D eigenvalue weighted by atomic mass is 9.70. The smallest absolute Gasteiger partial charge is 0.241 e. The lowest BCUT2D eigenvalue weighted by Crippen LogP contribution is -2.34. The first kappa shape index (κ1) is 18.1. The fourth-order valence-corrected chi connectivity index (χ4v) is 5.52. The van der Waals surface area contributed by atoms with Crippen LogP contribution in [0, 0.1) is 16.7 Å². The van der Waals surface area contributed by atoms with Crippen LogP contribution >= 0.6 is 0 Å². The first-order chi connectivity index (χ1) is 11.7. The Balaban J connectivity index is 1.60. The van der Waals surface area contributed by atoms with Crippen molar-refractivity contribution in [3.63, 3.8) is 0 Å². The number of hydrogen-bond acceptors (Lipinski definition) is 4. The third-order valence-electron chi connectivity index (χ3n) is 6.53. The summed E-state index contributed by atoms with van der Waals surface area (Å²) in [6, 6.07) is 8.21. The summed E-state index contributed by atoms with van der Waals surface area (Å²) in [5.74, 6) is 0.0572. The Kier molecular flexibility index (Phi) is 4.52. The molecule has 2 fully saturated rings. The third-order valence-corrected chi connectivity index (χ3v) is 8.26. The summed E-state index contributed by atoms with van der Waals surface area (Å²) in [7, 11) is -3.44. The van der Waals surface area contributed by atoms with Gasteiger partial charge in [0.15, 0.2) is 9.84 Å². The van der Waals surface area contributed by atoms with E-state index in [-0.39, 0.29) is 33.8 Å². The van der Waals surface area contributed by atoms with E-state index < -0.39 is 9.84 Å². The Hall–Kier alpha value is -1.69. The molecule has 0 unspecified atom stereocenters. The second-order valence-electron chi connectivity index (χ2n) is 7.97. The minimum absolute atomic E-state index is 0.0288. The maximum absolute atomic E-state index is 12.2. The summed E-state index contributed by atoms with van der Waals surface area (Å²) >= 11 is 0. The van der Waals surface area contributed by atoms with Gasteiger partial charge < -0.3 is 0 Å². The highest BCUT2D eigenvalue weighted by molar-refractivity contribution is 7.91. The molecule has 5 nitrogen and oxygen atoms in total. The molecule has 0 radical (unpaired) electrons. The van der Waals surface area contributed by atoms with Crippen LogP contribution in [0.2, 0.25) is 0 Å². The third kappa shape index (κ3) is 3.12. The van der Waals surface area contributed by atoms with Gasteiger partial charge in [-0.25, -0.2) is 13.8 Å². The van der Waals surface area contributed by atoms with Crippen LogP contribution in [-0.2, 0) is 14.6 Å². The number of carbonyl (C=O) groups excluding carboxylic acids is 1. The first-order valence-corrected chi connectivity index (χ1v) is 10.5. The van der Waals surface area contributed by atoms with Crippen molar-refractivity contribution in [2.24, 2.45) is 21.8 Å². The van der Waals surface area contributed by atoms with Gasteiger partial charge in [0.2, 0.25) is 5.91 Å². The number of hydrogen-bond donors (Lipinski definition) is 1. The zero-order valence-corrected chi connectivity index (χ0v) is 15.9. The molecule has 2 atom stereocenters. The van der Waals surface area contributed by atoms with E-state index >= 15 is 0 Å². The van der Waals surface area contributed by atoms with E-state index in [1.165, 1.54) is 6.42 Å². The molecule has 2 aliphatic rings. The van der Waals surface area contributed by atoms with Gasteiger partial charge in [0.25, 0.3) is 0 Å². The molecule has 2 aliphatic carbocycles. The Bertz CT molecular complexity index is 799. The highest BCUT2D eigenvalue weighted by Gasteiger charge is 2.59. The molecule has 6 heteroatoms. The first-order valence-electron chi connectivity index (χ1n) is 8.80. The Labute approximate surface area is 149 Å². The Morgan fingerprint density at radius 2 is 1.92 bits per heavy atom. The zero-order valence-electron chi connectivity index (χ0n) is 15.1. The number of sulfone groups is 1. The molecule has 0 saturated heterocycles. The van der Waals surface area contributed by atoms with Gasteiger partial charge >= 0.3 is 0 Å². The van der Waals surface area contributed by atoms with Crippen LogP contribution in [0.1, 0.15) is 46.5 Å². The van der Waals surface area contributed by atoms with Gasteiger partial charge in [-0.2, -0.15) is 5.10 Å². The number of fused-ring (bicyclic) bond motifs is 2. The number of nitrogens with one attached hydrogen (secondary N) is 1. The second kappa shape index (κ2) is 6.24. The van der Waals surface area contributed by atoms with Gasteiger partial charge in [-0.05, 0) is 42.7 Å². The Morgan fingerprint density at radius 3 is 2.48 bits per heavy atom. The summed E-state index contributed by atoms with van der Waals surface area (Å²) in [5.41, 5.74) is 3.86. The van der Waals surface area contributed by atoms with Gasteiger partial charge in [-0.1, -0.05) is 39.0 Å². The predicted molar refractivity (Wildman–Crippen MR) is 97.9 cm³/mol. The molecule has 2 bridgehead atoms. The van der Waals surface area contributed by atoms with Crippen molar-refractivity contribution in [2.75, 3.05) is 5.75 Å². The maximum Gasteiger partial charge on any atom is 0.241 e. The number of amides is 1. The normalized spacial score (nSPS) is 29.1. The summed E-state index contributed by atoms with van der Waals surface area (Å²) in [5, 5.41) is 4.37. The lowest BCUT2D eigenvalue weighted by Gasteiger charge is -2.34. The van der Waals surface area contributed by atoms with Crippen molar-refractivity contribution in [1.29, 1.82) is 0 Å². The van der Waals surface area contributed by atoms with Crippen molar-refractivity contribution in [3.05, 3.63) is 30.3 Å². The fraction of sp³-hybridized carbons (Fsp3) is 0.579. The van der Waals surface area contributed by atoms with Crippen LogP contribution in [0.5, 0.6) is 0 Å². The highest BCUT2D eigenvalue weighted by Crippen LogP contribution is 2.63. The molecule has 0 aliphatic heterocycles. The van der Waals surface area contributed by atoms with Gasteiger partial charge in [-0.3, -0.25) is 4.79 Å². The molecule has 1 amide bonds. The number of hydrazone groups is 1. The second-order valence-corrected chi connectivity index (χ2v) is 10.1. The van der Waals surface area contributed by atoms with Crippen LogP contribution in [0.4, 0.5) is 0 Å². The van der Waals surface area contributed by atoms with Crippen molar-refractivity contribution in [1.82, 2.24) is 5.43 Å². The Morgan fingerprint density at radius 1 is 1.24 bits per heavy atom. The molecular formula is C19H26N2O3S. The van der Waals surface area contributed by atoms with Gasteiger partial charge in [0.1, 0.15) is 0 Å². The van der Waals surface area contributed by atoms with Crippen LogP contribution < -0.4 is 5.43 Å². The molecule has 0 aromatic heterocycles. The monoisotopic (exact) mass is 362 g/mol. The molecule has 3 rings (SSSR count). The summed E-state index contributed by atoms with van der Waals surface area (Å²) < 4.78 is 24.4. The maximum atomic E-state index is 12.2. The molecule has 136 valence electrons. The van der Waals surface area contributed by atoms with E-state index in [4.69, 9.17) is 0 Å². The predicted octanol–water partition coefficient (Wildman–Crippen LogP) is 3.17. The van der Waals surface area contributed by atoms with Crippen LogP contribution in [0.3, 0.4) is 0 Å². The van der Waals surface area contributed by atoms with Crippen molar-refractivity contribution < 1.29 is 13.2 Å². The number of nitrogens with zero attached hydrogens (tertiary/aromatic N) is 1. The van der Waals surface area contributed by atoms with Crippen molar-refractivity contribution in [3.8, 4) is 0 Å². The zero-order chi connectivity index (χ0) is 18.3. The number of carbonyl (C=O) groups is 1. The van der Waals surface area contributed by atoms with Gasteiger partial charge in [0, 0.05) is 17.5 Å². The fourth-order valence-electron chi connectivity index (χ4n) is 4.26. The standard InChI is InChI=1S/C19H26N2O3S/c1-18(2)14-9-11-19(18,3)16(13-14)20-21-17(22)10-12-25(23,24)15-7-5-4-6-8-15/h4-8,14H,9-13H2,1-3H3,(H,21,22)/b20-16+/t14-,19-/m1/s1. The van der Waals surface area contributed by atoms with E-state index in [1.54, 1.807) is 30.3 Å². The van der Waals surface area contributed by atoms with E-state index in [2.05, 4.69) is 31.3 Å². The summed E-state index contributed by atoms with van der Waals surface area (Å²) in [6.07, 6.45) is 3.15. The van der Waals surface area contributed by atoms with Gasteiger partial charge in [0.05, 0.1) is 10.6 Å². The minimum atomic E-state index is -3.44. The number of rotatable bonds is 5. The van der Waals surface area contributed by atoms with E-state index in [0.29, 0.717) is 5.92 Å². The van der Waals surface area contributed by atoms with Gasteiger partial charge in [-0.15, -0.1) is 0 Å². The molecule has 0 heterocycles. The quantitative estimate of drug-likeness (QED) is 0.818. The summed E-state index contributed by atoms with van der Waals surface area (Å²) in [6.45, 7) is 6.79. The van der Waals surface area contributed by atoms with Crippen LogP contribution in [-0.4, -0.2) is 25.8 Å². The van der Waals surface area contributed by atoms with E-state index in [1.807, 2.05) is 0 Å². The van der Waals surface area contributed by atoms with Crippen molar-refractivity contribution in [2.45, 2.75) is 51.3 Å². The molecule has 2 saturated carbocycles. The van der Waals surface area contributed by atoms with Crippen LogP contribution in [0.15, 0.2) is 40.3 Å². The highest BCUT2D eigenvalue weighted by atomic mass is 32.2. The number of benzene rings is 1. The molecule has 1 aromatic rings. The molecule has 1 N–H and O–H groups in total. The molecular weight excluding hydrogens is 336 g/mol. The SMILES string of the molecule is CC1(C)[C@@H]2CC[C@]1(C)/C(=N/NC(=O)CCS(=O)(=O)c1ccccc1)C2. The average Bonchev–Trinajstić information content (AvgIpc) is 2.92. The molecule has 25 heavy (non-hydrogen) atoms. The topological polar surface area (TPSA) is 75.6 Å². The van der Waals surface area contributed by atoms with E-state index in [0.717, 1.165) is 18.6 Å².